The van der Waals surface area contributed by atoms with E-state index in [9.17, 15) is 13.6 Å². The molecule has 2 heterocycles. The van der Waals surface area contributed by atoms with Gasteiger partial charge < -0.3 is 27.0 Å². The Morgan fingerprint density at radius 1 is 1.15 bits per heavy atom. The third kappa shape index (κ3) is 4.40. The summed E-state index contributed by atoms with van der Waals surface area (Å²) < 4.78 is 31.1. The van der Waals surface area contributed by atoms with Crippen LogP contribution in [0.2, 0.25) is 0 Å². The van der Waals surface area contributed by atoms with E-state index in [1.165, 1.54) is 10.7 Å². The quantitative estimate of drug-likeness (QED) is 0.447. The monoisotopic (exact) mass is 458 g/mol. The summed E-state index contributed by atoms with van der Waals surface area (Å²) in [5.74, 6) is -1.53. The molecular formula is C22H28F2N8O. The van der Waals surface area contributed by atoms with Gasteiger partial charge in [0.2, 0.25) is 0 Å². The number of hydrogen-bond acceptors (Lipinski definition) is 7. The summed E-state index contributed by atoms with van der Waals surface area (Å²) >= 11 is 0. The summed E-state index contributed by atoms with van der Waals surface area (Å²) in [7, 11) is 5.27. The molecule has 1 aliphatic rings. The number of anilines is 4. The molecule has 176 valence electrons. The Kier molecular flexibility index (Phi) is 6.07. The van der Waals surface area contributed by atoms with Crippen LogP contribution in [0, 0.1) is 11.6 Å². The minimum atomic E-state index is -0.860. The Morgan fingerprint density at radius 2 is 1.88 bits per heavy atom. The molecule has 1 amide bonds. The Morgan fingerprint density at radius 3 is 2.55 bits per heavy atom. The smallest absolute Gasteiger partial charge is 0.252 e. The molecule has 1 fully saturated rings. The highest BCUT2D eigenvalue weighted by Gasteiger charge is 2.25. The SMILES string of the molecule is CN(C)c1nn(C)c2c(F)cc(Nc3nc(N[C@@H]4CCCC[C@@H]4N)c(F)cc3C(N)=O)cc12. The number of pyridine rings is 1. The van der Waals surface area contributed by atoms with E-state index in [1.807, 2.05) is 0 Å². The lowest BCUT2D eigenvalue weighted by atomic mass is 9.91. The van der Waals surface area contributed by atoms with Crippen LogP contribution < -0.4 is 27.0 Å². The second kappa shape index (κ2) is 8.81. The van der Waals surface area contributed by atoms with E-state index in [0.29, 0.717) is 22.4 Å². The first-order valence-electron chi connectivity index (χ1n) is 10.8. The van der Waals surface area contributed by atoms with Crippen molar-refractivity contribution < 1.29 is 13.6 Å². The van der Waals surface area contributed by atoms with Crippen LogP contribution in [0.3, 0.4) is 0 Å². The van der Waals surface area contributed by atoms with Crippen LogP contribution in [-0.4, -0.2) is 46.9 Å². The van der Waals surface area contributed by atoms with Crippen molar-refractivity contribution in [2.75, 3.05) is 29.6 Å². The second-order valence-electron chi connectivity index (χ2n) is 8.60. The van der Waals surface area contributed by atoms with Crippen molar-refractivity contribution >= 4 is 40.0 Å². The van der Waals surface area contributed by atoms with Crippen LogP contribution >= 0.6 is 0 Å². The van der Waals surface area contributed by atoms with Crippen LogP contribution in [0.25, 0.3) is 10.9 Å². The minimum absolute atomic E-state index is 0.0184. The largest absolute Gasteiger partial charge is 0.365 e. The van der Waals surface area contributed by atoms with Crippen LogP contribution in [0.5, 0.6) is 0 Å². The van der Waals surface area contributed by atoms with Crippen molar-refractivity contribution in [2.45, 2.75) is 37.8 Å². The maximum absolute atomic E-state index is 14.9. The molecule has 4 rings (SSSR count). The molecule has 3 aromatic rings. The number of benzene rings is 1. The molecule has 0 bridgehead atoms. The summed E-state index contributed by atoms with van der Waals surface area (Å²) in [6, 6.07) is 3.72. The molecule has 6 N–H and O–H groups in total. The number of aromatic nitrogens is 3. The van der Waals surface area contributed by atoms with Crippen molar-refractivity contribution in [3.05, 3.63) is 35.4 Å². The van der Waals surface area contributed by atoms with Crippen molar-refractivity contribution in [1.82, 2.24) is 14.8 Å². The molecule has 1 saturated carbocycles. The van der Waals surface area contributed by atoms with Crippen molar-refractivity contribution in [3.63, 3.8) is 0 Å². The number of nitrogens with one attached hydrogen (secondary N) is 2. The lowest BCUT2D eigenvalue weighted by molar-refractivity contribution is 0.100. The molecule has 11 heteroatoms. The highest BCUT2D eigenvalue weighted by molar-refractivity contribution is 5.99. The number of rotatable bonds is 6. The van der Waals surface area contributed by atoms with E-state index in [1.54, 1.807) is 32.1 Å². The Labute approximate surface area is 190 Å². The average molecular weight is 459 g/mol. The summed E-state index contributed by atoms with van der Waals surface area (Å²) in [5, 5.41) is 10.9. The molecule has 2 atom stereocenters. The van der Waals surface area contributed by atoms with Crippen LogP contribution in [0.1, 0.15) is 36.0 Å². The zero-order valence-electron chi connectivity index (χ0n) is 18.8. The van der Waals surface area contributed by atoms with Crippen molar-refractivity contribution in [2.24, 2.45) is 18.5 Å². The van der Waals surface area contributed by atoms with Gasteiger partial charge in [-0.1, -0.05) is 12.8 Å². The molecule has 0 unspecified atom stereocenters. The molecule has 0 saturated heterocycles. The zero-order chi connectivity index (χ0) is 23.9. The number of amides is 1. The van der Waals surface area contributed by atoms with E-state index >= 15 is 0 Å². The van der Waals surface area contributed by atoms with Gasteiger partial charge in [-0.15, -0.1) is 0 Å². The van der Waals surface area contributed by atoms with E-state index in [4.69, 9.17) is 11.5 Å². The Hall–Kier alpha value is -3.47. The van der Waals surface area contributed by atoms with E-state index < -0.39 is 17.5 Å². The number of primary amides is 1. The third-order valence-electron chi connectivity index (χ3n) is 5.94. The Balaban J connectivity index is 1.74. The maximum Gasteiger partial charge on any atom is 0.252 e. The van der Waals surface area contributed by atoms with Crippen LogP contribution in [0.4, 0.5) is 31.9 Å². The average Bonchev–Trinajstić information content (AvgIpc) is 3.08. The number of nitrogens with zero attached hydrogens (tertiary/aromatic N) is 4. The van der Waals surface area contributed by atoms with Gasteiger partial charge in [0.25, 0.3) is 5.91 Å². The molecular weight excluding hydrogens is 430 g/mol. The fourth-order valence-electron chi connectivity index (χ4n) is 4.27. The van der Waals surface area contributed by atoms with Gasteiger partial charge in [-0.05, 0) is 31.0 Å². The molecule has 2 aromatic heterocycles. The lowest BCUT2D eigenvalue weighted by Crippen LogP contribution is -2.43. The highest BCUT2D eigenvalue weighted by Crippen LogP contribution is 2.32. The summed E-state index contributed by atoms with van der Waals surface area (Å²) in [6.45, 7) is 0. The first-order chi connectivity index (χ1) is 15.7. The van der Waals surface area contributed by atoms with E-state index in [2.05, 4.69) is 20.7 Å². The van der Waals surface area contributed by atoms with Gasteiger partial charge in [-0.25, -0.2) is 13.8 Å². The molecule has 0 aliphatic heterocycles. The van der Waals surface area contributed by atoms with Gasteiger partial charge in [0, 0.05) is 44.3 Å². The normalized spacial score (nSPS) is 18.4. The number of aryl methyl sites for hydroxylation is 1. The highest BCUT2D eigenvalue weighted by atomic mass is 19.1. The third-order valence-corrected chi connectivity index (χ3v) is 5.94. The maximum atomic E-state index is 14.9. The standard InChI is InChI=1S/C22H28F2N8O/c1-31(2)22-12-8-11(9-14(23)18(12)32(3)30-22)27-20-13(19(26)33)10-15(24)21(29-20)28-17-7-5-4-6-16(17)25/h8-10,16-17H,4-7,25H2,1-3H3,(H2,26,33)(H2,27,28,29)/t16-,17+/m0/s1. The van der Waals surface area contributed by atoms with E-state index in [0.717, 1.165) is 31.7 Å². The summed E-state index contributed by atoms with van der Waals surface area (Å²) in [6.07, 6.45) is 3.64. The number of carbonyl (C=O) groups is 1. The molecule has 0 spiro atoms. The van der Waals surface area contributed by atoms with Gasteiger partial charge in [0.1, 0.15) is 11.3 Å². The fourth-order valence-corrected chi connectivity index (χ4v) is 4.27. The zero-order valence-corrected chi connectivity index (χ0v) is 18.8. The molecule has 1 aliphatic carbocycles. The fraction of sp³-hybridized carbons (Fsp3) is 0.409. The number of fused-ring (bicyclic) bond motifs is 1. The summed E-state index contributed by atoms with van der Waals surface area (Å²) in [5.41, 5.74) is 12.1. The van der Waals surface area contributed by atoms with Gasteiger partial charge in [-0.2, -0.15) is 5.10 Å². The predicted octanol–water partition coefficient (Wildman–Crippen LogP) is 2.84. The van der Waals surface area contributed by atoms with Crippen molar-refractivity contribution in [3.8, 4) is 0 Å². The number of nitrogens with two attached hydrogens (primary N) is 2. The molecule has 9 nitrogen and oxygen atoms in total. The predicted molar refractivity (Wildman–Crippen MR) is 125 cm³/mol. The van der Waals surface area contributed by atoms with E-state index in [-0.39, 0.29) is 29.3 Å². The summed E-state index contributed by atoms with van der Waals surface area (Å²) in [4.78, 5) is 18.0. The van der Waals surface area contributed by atoms with Crippen LogP contribution in [-0.2, 0) is 7.05 Å². The minimum Gasteiger partial charge on any atom is -0.365 e. The number of carbonyl (C=O) groups excluding carboxylic acids is 1. The van der Waals surface area contributed by atoms with Gasteiger partial charge >= 0.3 is 0 Å². The Bertz CT molecular complexity index is 1210. The van der Waals surface area contributed by atoms with Gasteiger partial charge in [0.15, 0.2) is 23.3 Å². The second-order valence-corrected chi connectivity index (χ2v) is 8.60. The van der Waals surface area contributed by atoms with Crippen molar-refractivity contribution in [1.29, 1.82) is 0 Å². The van der Waals surface area contributed by atoms with Gasteiger partial charge in [-0.3, -0.25) is 9.48 Å². The first kappa shape index (κ1) is 22.7. The topological polar surface area (TPSA) is 127 Å². The molecule has 1 aromatic carbocycles. The molecule has 0 radical (unpaired) electrons. The number of hydrogen-bond donors (Lipinski definition) is 4. The first-order valence-corrected chi connectivity index (χ1v) is 10.8. The van der Waals surface area contributed by atoms with Gasteiger partial charge in [0.05, 0.1) is 5.56 Å². The van der Waals surface area contributed by atoms with Crippen LogP contribution in [0.15, 0.2) is 18.2 Å². The molecule has 33 heavy (non-hydrogen) atoms. The number of halogens is 2. The lowest BCUT2D eigenvalue weighted by Gasteiger charge is -2.30.